The normalized spacial score (nSPS) is 17.2. The van der Waals surface area contributed by atoms with Gasteiger partial charge >= 0.3 is 0 Å². The lowest BCUT2D eigenvalue weighted by molar-refractivity contribution is 0.0607. The molecule has 4 heterocycles. The molecule has 0 amide bonds. The molecule has 1 aliphatic heterocycles. The van der Waals surface area contributed by atoms with Crippen LogP contribution in [0.1, 0.15) is 45.0 Å². The van der Waals surface area contributed by atoms with Gasteiger partial charge in [0.2, 0.25) is 0 Å². The van der Waals surface area contributed by atoms with Crippen molar-refractivity contribution in [1.82, 2.24) is 24.4 Å². The Morgan fingerprint density at radius 2 is 2.15 bits per heavy atom. The molecule has 3 aromatic rings. The zero-order valence-electron chi connectivity index (χ0n) is 15.2. The van der Waals surface area contributed by atoms with Crippen LogP contribution in [0.2, 0.25) is 0 Å². The van der Waals surface area contributed by atoms with E-state index in [-0.39, 0.29) is 6.04 Å². The Bertz CT molecular complexity index is 966. The van der Waals surface area contributed by atoms with Gasteiger partial charge in [-0.3, -0.25) is 0 Å². The van der Waals surface area contributed by atoms with Crippen LogP contribution in [0.4, 0.5) is 0 Å². The van der Waals surface area contributed by atoms with Gasteiger partial charge in [-0.1, -0.05) is 0 Å². The number of piperidine rings is 1. The summed E-state index contributed by atoms with van der Waals surface area (Å²) in [6.45, 7) is 6.32. The van der Waals surface area contributed by atoms with E-state index in [9.17, 15) is 5.11 Å². The highest BCUT2D eigenvalue weighted by Crippen LogP contribution is 2.35. The van der Waals surface area contributed by atoms with E-state index in [1.165, 1.54) is 0 Å². The summed E-state index contributed by atoms with van der Waals surface area (Å²) in [5, 5.41) is 20.6. The topological polar surface area (TPSA) is 93.8 Å². The second-order valence-electron chi connectivity index (χ2n) is 7.58. The van der Waals surface area contributed by atoms with Crippen LogP contribution in [0, 0.1) is 11.3 Å². The molecule has 7 nitrogen and oxygen atoms in total. The van der Waals surface area contributed by atoms with Crippen LogP contribution in [0.3, 0.4) is 0 Å². The minimum Gasteiger partial charge on any atom is -0.383 e. The van der Waals surface area contributed by atoms with E-state index in [2.05, 4.69) is 25.5 Å². The number of H-pyrrole nitrogens is 1. The first kappa shape index (κ1) is 17.0. The van der Waals surface area contributed by atoms with Gasteiger partial charge in [0.1, 0.15) is 22.6 Å². The summed E-state index contributed by atoms with van der Waals surface area (Å²) < 4.78 is 2.23. The monoisotopic (exact) mass is 352 g/mol. The molecule has 0 radical (unpaired) electrons. The summed E-state index contributed by atoms with van der Waals surface area (Å²) in [5.41, 5.74) is 1.68. The molecule has 0 saturated carbocycles. The Kier molecular flexibility index (Phi) is 4.17. The van der Waals surface area contributed by atoms with Crippen molar-refractivity contribution in [2.75, 3.05) is 19.6 Å². The minimum absolute atomic E-state index is 0.278. The summed E-state index contributed by atoms with van der Waals surface area (Å²) in [5.74, 6) is 0.693. The molecule has 0 spiro atoms. The maximum absolute atomic E-state index is 10.7. The van der Waals surface area contributed by atoms with Crippen molar-refractivity contribution in [3.63, 3.8) is 0 Å². The first-order valence-corrected chi connectivity index (χ1v) is 9.15. The fourth-order valence-electron chi connectivity index (χ4n) is 3.99. The molecule has 1 fully saturated rings. The Balaban J connectivity index is 1.78. The molecule has 1 saturated heterocycles. The molecule has 0 aliphatic carbocycles. The van der Waals surface area contributed by atoms with Crippen molar-refractivity contribution in [3.8, 4) is 6.07 Å². The Morgan fingerprint density at radius 3 is 2.85 bits per heavy atom. The lowest BCUT2D eigenvalue weighted by Gasteiger charge is -2.34. The highest BCUT2D eigenvalue weighted by molar-refractivity contribution is 6.01. The van der Waals surface area contributed by atoms with E-state index in [0.29, 0.717) is 12.2 Å². The third-order valence-corrected chi connectivity index (χ3v) is 5.24. The summed E-state index contributed by atoms with van der Waals surface area (Å²) >= 11 is 0. The maximum atomic E-state index is 10.7. The van der Waals surface area contributed by atoms with E-state index in [1.54, 1.807) is 20.0 Å². The van der Waals surface area contributed by atoms with Gasteiger partial charge in [-0.15, -0.1) is 0 Å². The number of fused-ring (bicyclic) bond motifs is 3. The zero-order valence-corrected chi connectivity index (χ0v) is 15.2. The molecule has 0 aromatic carbocycles. The number of aliphatic hydroxyl groups is 1. The van der Waals surface area contributed by atoms with Crippen LogP contribution in [-0.4, -0.2) is 49.2 Å². The van der Waals surface area contributed by atoms with Gasteiger partial charge in [-0.25, -0.2) is 9.97 Å². The largest absolute Gasteiger partial charge is 0.383 e. The van der Waals surface area contributed by atoms with E-state index in [0.717, 1.165) is 54.5 Å². The third kappa shape index (κ3) is 2.85. The molecule has 1 aliphatic rings. The van der Waals surface area contributed by atoms with E-state index < -0.39 is 5.60 Å². The fourth-order valence-corrected chi connectivity index (χ4v) is 3.99. The number of hydrogen-bond donors (Lipinski definition) is 2. The van der Waals surface area contributed by atoms with E-state index in [1.807, 2.05) is 12.3 Å². The van der Waals surface area contributed by atoms with Crippen LogP contribution in [0.25, 0.3) is 22.1 Å². The van der Waals surface area contributed by atoms with Gasteiger partial charge in [0.05, 0.1) is 17.8 Å². The smallest absolute Gasteiger partial charge is 0.141 e. The molecule has 2 N–H and O–H groups in total. The van der Waals surface area contributed by atoms with Crippen molar-refractivity contribution in [2.24, 2.45) is 0 Å². The molecule has 136 valence electrons. The van der Waals surface area contributed by atoms with Gasteiger partial charge in [-0.05, 0) is 32.8 Å². The molecule has 7 heteroatoms. The molecule has 4 rings (SSSR count). The molecule has 26 heavy (non-hydrogen) atoms. The summed E-state index contributed by atoms with van der Waals surface area (Å²) in [7, 11) is 0. The first-order valence-electron chi connectivity index (χ1n) is 9.15. The average molecular weight is 352 g/mol. The van der Waals surface area contributed by atoms with Crippen molar-refractivity contribution >= 4 is 22.1 Å². The maximum Gasteiger partial charge on any atom is 0.141 e. The number of nitrogens with one attached hydrogen (secondary N) is 1. The second-order valence-corrected chi connectivity index (χ2v) is 7.58. The molecular formula is C19H24N6O. The van der Waals surface area contributed by atoms with Crippen molar-refractivity contribution < 1.29 is 5.11 Å². The van der Waals surface area contributed by atoms with Crippen molar-refractivity contribution in [1.29, 1.82) is 5.26 Å². The SMILES string of the molecule is CC(C)(O)c1nc2cnc3[nH]ccc3c2n1C1CCN(CCC#N)CC1. The molecule has 3 aromatic heterocycles. The first-order chi connectivity index (χ1) is 12.5. The van der Waals surface area contributed by atoms with Crippen molar-refractivity contribution in [2.45, 2.75) is 44.8 Å². The number of aromatic amines is 1. The number of rotatable bonds is 4. The number of hydrogen-bond acceptors (Lipinski definition) is 5. The summed E-state index contributed by atoms with van der Waals surface area (Å²) in [6.07, 6.45) is 6.20. The molecule has 0 unspecified atom stereocenters. The van der Waals surface area contributed by atoms with E-state index in [4.69, 9.17) is 10.2 Å². The summed E-state index contributed by atoms with van der Waals surface area (Å²) in [4.78, 5) is 14.7. The Morgan fingerprint density at radius 1 is 1.38 bits per heavy atom. The highest BCUT2D eigenvalue weighted by atomic mass is 16.3. The number of imidazole rings is 1. The van der Waals surface area contributed by atoms with Crippen LogP contribution in [-0.2, 0) is 5.60 Å². The second kappa shape index (κ2) is 6.38. The van der Waals surface area contributed by atoms with E-state index >= 15 is 0 Å². The number of pyridine rings is 1. The molecule has 0 atom stereocenters. The van der Waals surface area contributed by atoms with Crippen LogP contribution in [0.15, 0.2) is 18.5 Å². The third-order valence-electron chi connectivity index (χ3n) is 5.24. The minimum atomic E-state index is -1.03. The lowest BCUT2D eigenvalue weighted by Crippen LogP contribution is -2.36. The van der Waals surface area contributed by atoms with Crippen LogP contribution in [0.5, 0.6) is 0 Å². The predicted octanol–water partition coefficient (Wildman–Crippen LogP) is 2.69. The van der Waals surface area contributed by atoms with Crippen LogP contribution < -0.4 is 0 Å². The predicted molar refractivity (Wildman–Crippen MR) is 99.6 cm³/mol. The number of nitriles is 1. The Labute approximate surface area is 152 Å². The van der Waals surface area contributed by atoms with Gasteiger partial charge < -0.3 is 19.6 Å². The van der Waals surface area contributed by atoms with Crippen LogP contribution >= 0.6 is 0 Å². The number of aromatic nitrogens is 4. The number of nitrogens with zero attached hydrogens (tertiary/aromatic N) is 5. The molecular weight excluding hydrogens is 328 g/mol. The zero-order chi connectivity index (χ0) is 18.3. The van der Waals surface area contributed by atoms with Gasteiger partial charge in [0.15, 0.2) is 0 Å². The van der Waals surface area contributed by atoms with Gasteiger partial charge in [0, 0.05) is 43.7 Å². The fraction of sp³-hybridized carbons (Fsp3) is 0.526. The quantitative estimate of drug-likeness (QED) is 0.753. The number of likely N-dealkylation sites (tertiary alicyclic amines) is 1. The van der Waals surface area contributed by atoms with Gasteiger partial charge in [0.25, 0.3) is 0 Å². The lowest BCUT2D eigenvalue weighted by atomic mass is 10.0. The highest BCUT2D eigenvalue weighted by Gasteiger charge is 2.31. The average Bonchev–Trinajstić information content (AvgIpc) is 3.23. The molecule has 0 bridgehead atoms. The Hall–Kier alpha value is -2.43. The standard InChI is InChI=1S/C19H24N6O/c1-19(2,26)18-23-15-12-22-17-14(4-8-21-17)16(15)25(18)13-5-10-24(11-6-13)9-3-7-20/h4,8,12-13,26H,3,5-6,9-11H2,1-2H3,(H,21,22). The van der Waals surface area contributed by atoms with Gasteiger partial charge in [-0.2, -0.15) is 5.26 Å². The summed E-state index contributed by atoms with van der Waals surface area (Å²) in [6, 6.07) is 4.53. The van der Waals surface area contributed by atoms with Crippen molar-refractivity contribution in [3.05, 3.63) is 24.3 Å².